The van der Waals surface area contributed by atoms with Crippen molar-refractivity contribution in [2.45, 2.75) is 39.0 Å². The van der Waals surface area contributed by atoms with E-state index in [0.29, 0.717) is 21.9 Å². The zero-order valence-electron chi connectivity index (χ0n) is 20.1. The number of rotatable bonds is 7. The maximum atomic E-state index is 12.6. The van der Waals surface area contributed by atoms with Crippen molar-refractivity contribution in [1.82, 2.24) is 5.43 Å². The average Bonchev–Trinajstić information content (AvgIpc) is 3.48. The van der Waals surface area contributed by atoms with Crippen LogP contribution in [0.4, 0.5) is 5.00 Å². The molecule has 1 aliphatic rings. The number of thiophene rings is 1. The van der Waals surface area contributed by atoms with Gasteiger partial charge in [0, 0.05) is 4.88 Å². The number of furan rings is 1. The van der Waals surface area contributed by atoms with Gasteiger partial charge in [0.1, 0.15) is 10.8 Å². The molecular weight excluding hydrogens is 498 g/mol. The molecule has 3 aromatic rings. The van der Waals surface area contributed by atoms with Crippen molar-refractivity contribution in [1.29, 1.82) is 0 Å². The number of esters is 2. The standard InChI is InChI=1S/C26H25N3O7S/c1-2-34-26(33)21-18-7-4-3-5-9-20(18)37-24(21)28-22(30)23(31)29-27-15-16-10-12-17(13-11-16)36-25(32)19-8-6-14-35-19/h6,8,10-15H,2-5,7,9H2,1H3,(H,28,30)(H,29,31)/b27-15+. The van der Waals surface area contributed by atoms with Crippen molar-refractivity contribution in [2.24, 2.45) is 5.10 Å². The summed E-state index contributed by atoms with van der Waals surface area (Å²) in [7, 11) is 0. The van der Waals surface area contributed by atoms with Gasteiger partial charge < -0.3 is 19.2 Å². The van der Waals surface area contributed by atoms with Gasteiger partial charge in [-0.25, -0.2) is 15.0 Å². The molecule has 2 N–H and O–H groups in total. The van der Waals surface area contributed by atoms with Crippen LogP contribution in [0.1, 0.15) is 63.1 Å². The van der Waals surface area contributed by atoms with E-state index < -0.39 is 23.8 Å². The second-order valence-corrected chi connectivity index (χ2v) is 9.18. The number of carbonyl (C=O) groups is 4. The molecule has 192 valence electrons. The Morgan fingerprint density at radius 3 is 2.54 bits per heavy atom. The first-order valence-electron chi connectivity index (χ1n) is 11.8. The molecule has 0 unspecified atom stereocenters. The number of nitrogens with one attached hydrogen (secondary N) is 2. The normalized spacial score (nSPS) is 12.9. The van der Waals surface area contributed by atoms with Gasteiger partial charge in [-0.15, -0.1) is 11.3 Å². The molecule has 10 nitrogen and oxygen atoms in total. The summed E-state index contributed by atoms with van der Waals surface area (Å²) in [6, 6.07) is 9.41. The van der Waals surface area contributed by atoms with Crippen LogP contribution in [-0.2, 0) is 27.2 Å². The third-order valence-corrected chi connectivity index (χ3v) is 6.73. The number of hydrogen-bond donors (Lipinski definition) is 2. The Hall–Kier alpha value is -4.25. The van der Waals surface area contributed by atoms with Crippen molar-refractivity contribution < 1.29 is 33.1 Å². The molecule has 11 heteroatoms. The van der Waals surface area contributed by atoms with Gasteiger partial charge in [-0.05, 0) is 80.1 Å². The Morgan fingerprint density at radius 2 is 1.81 bits per heavy atom. The lowest BCUT2D eigenvalue weighted by Gasteiger charge is -2.08. The van der Waals surface area contributed by atoms with Gasteiger partial charge in [0.15, 0.2) is 0 Å². The number of hydrogen-bond acceptors (Lipinski definition) is 9. The summed E-state index contributed by atoms with van der Waals surface area (Å²) in [5.41, 5.74) is 3.99. The highest BCUT2D eigenvalue weighted by molar-refractivity contribution is 7.17. The van der Waals surface area contributed by atoms with Crippen LogP contribution < -0.4 is 15.5 Å². The summed E-state index contributed by atoms with van der Waals surface area (Å²) >= 11 is 1.31. The maximum absolute atomic E-state index is 12.6. The van der Waals surface area contributed by atoms with Crippen LogP contribution in [0.15, 0.2) is 52.2 Å². The molecule has 2 amide bonds. The van der Waals surface area contributed by atoms with E-state index in [2.05, 4.69) is 15.8 Å². The van der Waals surface area contributed by atoms with Gasteiger partial charge in [-0.1, -0.05) is 6.42 Å². The molecule has 0 saturated carbocycles. The average molecular weight is 524 g/mol. The SMILES string of the molecule is CCOC(=O)c1c(NC(=O)C(=O)N/N=C/c2ccc(OC(=O)c3ccco3)cc2)sc2c1CCCCC2. The minimum atomic E-state index is -0.987. The highest BCUT2D eigenvalue weighted by Crippen LogP contribution is 2.38. The van der Waals surface area contributed by atoms with E-state index in [1.165, 1.54) is 29.9 Å². The zero-order valence-corrected chi connectivity index (χ0v) is 20.9. The molecule has 1 aromatic carbocycles. The molecule has 0 aliphatic heterocycles. The lowest BCUT2D eigenvalue weighted by atomic mass is 10.1. The van der Waals surface area contributed by atoms with E-state index in [4.69, 9.17) is 13.9 Å². The van der Waals surface area contributed by atoms with Crippen LogP contribution in [0.25, 0.3) is 0 Å². The predicted molar refractivity (Wildman–Crippen MR) is 136 cm³/mol. The largest absolute Gasteiger partial charge is 0.462 e. The molecular formula is C26H25N3O7S. The van der Waals surface area contributed by atoms with Gasteiger partial charge in [-0.2, -0.15) is 5.10 Å². The Kier molecular flexibility index (Phi) is 8.47. The van der Waals surface area contributed by atoms with Gasteiger partial charge >= 0.3 is 23.8 Å². The smallest absolute Gasteiger partial charge is 0.379 e. The van der Waals surface area contributed by atoms with Gasteiger partial charge in [0.2, 0.25) is 5.76 Å². The predicted octanol–water partition coefficient (Wildman–Crippen LogP) is 4.09. The van der Waals surface area contributed by atoms with Crippen LogP contribution in [0.3, 0.4) is 0 Å². The molecule has 0 spiro atoms. The second kappa shape index (κ2) is 12.1. The summed E-state index contributed by atoms with van der Waals surface area (Å²) in [4.78, 5) is 50.4. The van der Waals surface area contributed by atoms with E-state index >= 15 is 0 Å². The van der Waals surface area contributed by atoms with E-state index in [9.17, 15) is 19.2 Å². The first-order chi connectivity index (χ1) is 18.0. The lowest BCUT2D eigenvalue weighted by molar-refractivity contribution is -0.136. The van der Waals surface area contributed by atoms with Gasteiger partial charge in [0.25, 0.3) is 0 Å². The van der Waals surface area contributed by atoms with Crippen LogP contribution in [0.5, 0.6) is 5.75 Å². The number of nitrogens with zero attached hydrogens (tertiary/aromatic N) is 1. The van der Waals surface area contributed by atoms with Crippen molar-refractivity contribution in [3.05, 3.63) is 70.0 Å². The lowest BCUT2D eigenvalue weighted by Crippen LogP contribution is -2.32. The first kappa shape index (κ1) is 25.8. The summed E-state index contributed by atoms with van der Waals surface area (Å²) in [6.45, 7) is 1.92. The fourth-order valence-electron chi connectivity index (χ4n) is 3.80. The topological polar surface area (TPSA) is 136 Å². The Labute approximate surface area is 216 Å². The zero-order chi connectivity index (χ0) is 26.2. The van der Waals surface area contributed by atoms with Crippen LogP contribution in [0, 0.1) is 0 Å². The molecule has 4 rings (SSSR count). The number of benzene rings is 1. The summed E-state index contributed by atoms with van der Waals surface area (Å²) in [6.07, 6.45) is 7.29. The van der Waals surface area contributed by atoms with Crippen LogP contribution in [0.2, 0.25) is 0 Å². The van der Waals surface area contributed by atoms with Crippen molar-refractivity contribution in [3.63, 3.8) is 0 Å². The number of hydrazone groups is 1. The van der Waals surface area contributed by atoms with Crippen molar-refractivity contribution in [3.8, 4) is 5.75 Å². The summed E-state index contributed by atoms with van der Waals surface area (Å²) in [5.74, 6) is -2.68. The molecule has 37 heavy (non-hydrogen) atoms. The fourth-order valence-corrected chi connectivity index (χ4v) is 5.07. The van der Waals surface area contributed by atoms with Crippen LogP contribution in [-0.4, -0.2) is 36.6 Å². The van der Waals surface area contributed by atoms with E-state index in [0.717, 1.165) is 42.5 Å². The molecule has 0 bridgehead atoms. The molecule has 0 radical (unpaired) electrons. The van der Waals surface area contributed by atoms with Crippen molar-refractivity contribution in [2.75, 3.05) is 11.9 Å². The Bertz CT molecular complexity index is 1310. The Balaban J connectivity index is 1.35. The molecule has 2 heterocycles. The van der Waals surface area contributed by atoms with Gasteiger partial charge in [0.05, 0.1) is 24.6 Å². The number of amides is 2. The monoisotopic (exact) mass is 523 g/mol. The molecule has 0 saturated heterocycles. The van der Waals surface area contributed by atoms with Crippen molar-refractivity contribution >= 4 is 46.3 Å². The number of carbonyl (C=O) groups excluding carboxylic acids is 4. The highest BCUT2D eigenvalue weighted by atomic mass is 32.1. The quantitative estimate of drug-likeness (QED) is 0.119. The van der Waals surface area contributed by atoms with E-state index in [1.807, 2.05) is 0 Å². The molecule has 2 aromatic heterocycles. The van der Waals surface area contributed by atoms with E-state index in [1.54, 1.807) is 37.3 Å². The summed E-state index contributed by atoms with van der Waals surface area (Å²) < 4.78 is 15.4. The fraction of sp³-hybridized carbons (Fsp3) is 0.269. The minimum Gasteiger partial charge on any atom is -0.462 e. The minimum absolute atomic E-state index is 0.0826. The molecule has 0 atom stereocenters. The molecule has 0 fully saturated rings. The van der Waals surface area contributed by atoms with Gasteiger partial charge in [-0.3, -0.25) is 9.59 Å². The first-order valence-corrected chi connectivity index (χ1v) is 12.6. The third-order valence-electron chi connectivity index (χ3n) is 5.53. The number of anilines is 1. The van der Waals surface area contributed by atoms with Crippen LogP contribution >= 0.6 is 11.3 Å². The number of fused-ring (bicyclic) bond motifs is 1. The number of aryl methyl sites for hydroxylation is 1. The highest BCUT2D eigenvalue weighted by Gasteiger charge is 2.27. The van der Waals surface area contributed by atoms with E-state index in [-0.39, 0.29) is 12.4 Å². The third kappa shape index (κ3) is 6.50. The summed E-state index contributed by atoms with van der Waals surface area (Å²) in [5, 5.41) is 6.67. The molecule has 1 aliphatic carbocycles. The maximum Gasteiger partial charge on any atom is 0.379 e. The number of ether oxygens (including phenoxy) is 2. The second-order valence-electron chi connectivity index (χ2n) is 8.08. The Morgan fingerprint density at radius 1 is 1.03 bits per heavy atom.